The molecule has 23 heavy (non-hydrogen) atoms. The van der Waals surface area contributed by atoms with Gasteiger partial charge in [-0.3, -0.25) is 14.7 Å². The maximum Gasteiger partial charge on any atom is 0.238 e. The van der Waals surface area contributed by atoms with Crippen LogP contribution in [0.5, 0.6) is 5.75 Å². The molecule has 5 nitrogen and oxygen atoms in total. The molecule has 0 spiro atoms. The average Bonchev–Trinajstić information content (AvgIpc) is 2.87. The molecule has 0 radical (unpaired) electrons. The summed E-state index contributed by atoms with van der Waals surface area (Å²) < 4.78 is 5.67. The van der Waals surface area contributed by atoms with Crippen LogP contribution in [-0.2, 0) is 17.8 Å². The Bertz CT molecular complexity index is 688. The van der Waals surface area contributed by atoms with E-state index in [4.69, 9.17) is 4.74 Å². The Morgan fingerprint density at radius 3 is 2.91 bits per heavy atom. The monoisotopic (exact) mass is 311 g/mol. The number of pyridine rings is 1. The van der Waals surface area contributed by atoms with Crippen LogP contribution in [0.2, 0.25) is 0 Å². The summed E-state index contributed by atoms with van der Waals surface area (Å²) in [6.45, 7) is 3.10. The van der Waals surface area contributed by atoms with E-state index in [1.807, 2.05) is 49.2 Å². The van der Waals surface area contributed by atoms with Crippen molar-refractivity contribution in [3.05, 3.63) is 53.9 Å². The zero-order valence-electron chi connectivity index (χ0n) is 13.5. The molecular weight excluding hydrogens is 290 g/mol. The molecule has 1 aliphatic rings. The van der Waals surface area contributed by atoms with E-state index >= 15 is 0 Å². The number of amides is 1. The number of benzene rings is 1. The zero-order valence-corrected chi connectivity index (χ0v) is 13.5. The molecule has 0 fully saturated rings. The van der Waals surface area contributed by atoms with Crippen molar-refractivity contribution in [3.63, 3.8) is 0 Å². The summed E-state index contributed by atoms with van der Waals surface area (Å²) in [7, 11) is 1.93. The van der Waals surface area contributed by atoms with Crippen molar-refractivity contribution in [1.29, 1.82) is 0 Å². The Kier molecular flexibility index (Phi) is 4.57. The van der Waals surface area contributed by atoms with Crippen LogP contribution in [0.15, 0.2) is 42.7 Å². The Labute approximate surface area is 136 Å². The largest absolute Gasteiger partial charge is 0.490 e. The molecule has 2 aromatic rings. The van der Waals surface area contributed by atoms with E-state index in [2.05, 4.69) is 10.3 Å². The second kappa shape index (κ2) is 6.79. The first-order chi connectivity index (χ1) is 11.1. The highest BCUT2D eigenvalue weighted by Gasteiger charge is 2.19. The highest BCUT2D eigenvalue weighted by Crippen LogP contribution is 2.30. The van der Waals surface area contributed by atoms with Gasteiger partial charge in [0.05, 0.1) is 6.54 Å². The molecular formula is C18H21N3O2. The Morgan fingerprint density at radius 2 is 2.13 bits per heavy atom. The van der Waals surface area contributed by atoms with E-state index in [-0.39, 0.29) is 12.0 Å². The molecule has 1 amide bonds. The van der Waals surface area contributed by atoms with Crippen LogP contribution < -0.4 is 10.1 Å². The van der Waals surface area contributed by atoms with Crippen molar-refractivity contribution in [2.24, 2.45) is 0 Å². The molecule has 1 atom stereocenters. The predicted octanol–water partition coefficient (Wildman–Crippen LogP) is 2.48. The number of carbonyl (C=O) groups excluding carboxylic acids is 1. The second-order valence-electron chi connectivity index (χ2n) is 6.03. The first kappa shape index (κ1) is 15.5. The van der Waals surface area contributed by atoms with Gasteiger partial charge in [0.2, 0.25) is 5.91 Å². The van der Waals surface area contributed by atoms with E-state index < -0.39 is 0 Å². The standard InChI is InChI=1S/C18H21N3O2/c1-13-9-15-10-16(3-4-17(15)23-13)20-18(22)12-21(2)11-14-5-7-19-8-6-14/h3-8,10,13H,9,11-12H2,1-2H3,(H,20,22). The van der Waals surface area contributed by atoms with Crippen LogP contribution in [0.1, 0.15) is 18.1 Å². The van der Waals surface area contributed by atoms with Crippen LogP contribution in [-0.4, -0.2) is 35.5 Å². The van der Waals surface area contributed by atoms with Crippen LogP contribution in [0.4, 0.5) is 5.69 Å². The lowest BCUT2D eigenvalue weighted by Crippen LogP contribution is -2.29. The highest BCUT2D eigenvalue weighted by molar-refractivity contribution is 5.92. The van der Waals surface area contributed by atoms with E-state index in [0.717, 1.165) is 29.0 Å². The molecule has 0 saturated carbocycles. The number of nitrogens with zero attached hydrogens (tertiary/aromatic N) is 2. The molecule has 0 aliphatic carbocycles. The number of nitrogens with one attached hydrogen (secondary N) is 1. The number of ether oxygens (including phenoxy) is 1. The van der Waals surface area contributed by atoms with Gasteiger partial charge in [0.1, 0.15) is 11.9 Å². The number of anilines is 1. The summed E-state index contributed by atoms with van der Waals surface area (Å²) in [5.74, 6) is 0.902. The fourth-order valence-corrected chi connectivity index (χ4v) is 2.80. The van der Waals surface area contributed by atoms with E-state index in [9.17, 15) is 4.79 Å². The number of carbonyl (C=O) groups is 1. The van der Waals surface area contributed by atoms with Gasteiger partial charge >= 0.3 is 0 Å². The fourth-order valence-electron chi connectivity index (χ4n) is 2.80. The van der Waals surface area contributed by atoms with Gasteiger partial charge in [-0.15, -0.1) is 0 Å². The summed E-state index contributed by atoms with van der Waals surface area (Å²) in [5, 5.41) is 2.95. The topological polar surface area (TPSA) is 54.5 Å². The van der Waals surface area contributed by atoms with Gasteiger partial charge in [-0.25, -0.2) is 0 Å². The van der Waals surface area contributed by atoms with Gasteiger partial charge in [-0.2, -0.15) is 0 Å². The third-order valence-corrected chi connectivity index (χ3v) is 3.80. The summed E-state index contributed by atoms with van der Waals surface area (Å²) in [6.07, 6.45) is 4.62. The van der Waals surface area contributed by atoms with Gasteiger partial charge in [-0.05, 0) is 55.4 Å². The minimum absolute atomic E-state index is 0.0199. The Morgan fingerprint density at radius 1 is 1.35 bits per heavy atom. The molecule has 1 aromatic heterocycles. The van der Waals surface area contributed by atoms with Gasteiger partial charge in [-0.1, -0.05) is 0 Å². The molecule has 1 aliphatic heterocycles. The van der Waals surface area contributed by atoms with Crippen molar-refractivity contribution >= 4 is 11.6 Å². The first-order valence-corrected chi connectivity index (χ1v) is 7.77. The average molecular weight is 311 g/mol. The lowest BCUT2D eigenvalue weighted by atomic mass is 10.1. The molecule has 3 rings (SSSR count). The van der Waals surface area contributed by atoms with Crippen LogP contribution in [0.3, 0.4) is 0 Å². The van der Waals surface area contributed by atoms with Crippen molar-refractivity contribution in [1.82, 2.24) is 9.88 Å². The molecule has 2 heterocycles. The lowest BCUT2D eigenvalue weighted by Gasteiger charge is -2.16. The number of rotatable bonds is 5. The molecule has 1 unspecified atom stereocenters. The minimum atomic E-state index is -0.0199. The van der Waals surface area contributed by atoms with Gasteiger partial charge in [0.15, 0.2) is 0 Å². The summed E-state index contributed by atoms with van der Waals surface area (Å²) >= 11 is 0. The first-order valence-electron chi connectivity index (χ1n) is 7.77. The molecule has 120 valence electrons. The molecule has 0 saturated heterocycles. The van der Waals surface area contributed by atoms with Crippen LogP contribution >= 0.6 is 0 Å². The zero-order chi connectivity index (χ0) is 16.2. The van der Waals surface area contributed by atoms with E-state index in [1.165, 1.54) is 0 Å². The number of fused-ring (bicyclic) bond motifs is 1. The number of likely N-dealkylation sites (N-methyl/N-ethyl adjacent to an activating group) is 1. The van der Waals surface area contributed by atoms with Crippen LogP contribution in [0.25, 0.3) is 0 Å². The minimum Gasteiger partial charge on any atom is -0.490 e. The lowest BCUT2D eigenvalue weighted by molar-refractivity contribution is -0.117. The second-order valence-corrected chi connectivity index (χ2v) is 6.03. The number of aromatic nitrogens is 1. The van der Waals surface area contributed by atoms with Crippen molar-refractivity contribution < 1.29 is 9.53 Å². The number of hydrogen-bond acceptors (Lipinski definition) is 4. The van der Waals surface area contributed by atoms with Crippen LogP contribution in [0, 0.1) is 0 Å². The maximum atomic E-state index is 12.2. The SMILES string of the molecule is CC1Cc2cc(NC(=O)CN(C)Cc3ccncc3)ccc2O1. The summed E-state index contributed by atoms with van der Waals surface area (Å²) in [6, 6.07) is 9.72. The maximum absolute atomic E-state index is 12.2. The smallest absolute Gasteiger partial charge is 0.238 e. The Balaban J connectivity index is 1.54. The fraction of sp³-hybridized carbons (Fsp3) is 0.333. The van der Waals surface area contributed by atoms with Gasteiger partial charge in [0.25, 0.3) is 0 Å². The van der Waals surface area contributed by atoms with E-state index in [0.29, 0.717) is 13.1 Å². The van der Waals surface area contributed by atoms with Crippen molar-refractivity contribution in [3.8, 4) is 5.75 Å². The van der Waals surface area contributed by atoms with E-state index in [1.54, 1.807) is 12.4 Å². The normalized spacial score (nSPS) is 16.0. The van der Waals surface area contributed by atoms with Crippen molar-refractivity contribution in [2.45, 2.75) is 26.0 Å². The van der Waals surface area contributed by atoms with Crippen molar-refractivity contribution in [2.75, 3.05) is 18.9 Å². The number of hydrogen-bond donors (Lipinski definition) is 1. The molecule has 1 aromatic carbocycles. The van der Waals surface area contributed by atoms with Gasteiger partial charge < -0.3 is 10.1 Å². The summed E-state index contributed by atoms with van der Waals surface area (Å²) in [5.41, 5.74) is 3.11. The molecule has 1 N–H and O–H groups in total. The molecule has 0 bridgehead atoms. The quantitative estimate of drug-likeness (QED) is 0.921. The Hall–Kier alpha value is -2.40. The molecule has 5 heteroatoms. The summed E-state index contributed by atoms with van der Waals surface area (Å²) in [4.78, 5) is 18.2. The highest BCUT2D eigenvalue weighted by atomic mass is 16.5. The third-order valence-electron chi connectivity index (χ3n) is 3.80. The third kappa shape index (κ3) is 4.07. The van der Waals surface area contributed by atoms with Gasteiger partial charge in [0, 0.05) is 31.0 Å². The predicted molar refractivity (Wildman–Crippen MR) is 89.4 cm³/mol.